The first kappa shape index (κ1) is 25.3. The first-order chi connectivity index (χ1) is 16.9. The van der Waals surface area contributed by atoms with E-state index in [0.717, 1.165) is 5.56 Å². The summed E-state index contributed by atoms with van der Waals surface area (Å²) in [7, 11) is 0. The fourth-order valence-electron chi connectivity index (χ4n) is 3.47. The summed E-state index contributed by atoms with van der Waals surface area (Å²) >= 11 is 0. The van der Waals surface area contributed by atoms with Crippen molar-refractivity contribution in [3.05, 3.63) is 83.2 Å². The summed E-state index contributed by atoms with van der Waals surface area (Å²) < 4.78 is 13.5. The molecule has 2 amide bonds. The minimum atomic E-state index is -0.375. The summed E-state index contributed by atoms with van der Waals surface area (Å²) in [4.78, 5) is 29.0. The predicted octanol–water partition coefficient (Wildman–Crippen LogP) is 2.61. The van der Waals surface area contributed by atoms with Gasteiger partial charge in [0.15, 0.2) is 0 Å². The molecule has 1 atom stereocenters. The van der Waals surface area contributed by atoms with E-state index in [0.29, 0.717) is 41.2 Å². The van der Waals surface area contributed by atoms with Gasteiger partial charge in [-0.2, -0.15) is 5.26 Å². The van der Waals surface area contributed by atoms with Crippen LogP contribution in [0.2, 0.25) is 0 Å². The number of anilines is 1. The predicted molar refractivity (Wildman–Crippen MR) is 132 cm³/mol. The molecule has 0 radical (unpaired) electrons. The highest BCUT2D eigenvalue weighted by Crippen LogP contribution is 2.25. The molecule has 0 unspecified atom stereocenters. The molecule has 0 aliphatic rings. The number of nitriles is 1. The van der Waals surface area contributed by atoms with Gasteiger partial charge in [0.1, 0.15) is 11.6 Å². The SMILES string of the molecule is C[C@@H](CNC(=O)c1ccc(-c2ccccc2C#N)nc1NCCc1cccc(F)c1)NC(=O)CN. The average molecular weight is 475 g/mol. The van der Waals surface area contributed by atoms with Crippen molar-refractivity contribution in [1.82, 2.24) is 15.6 Å². The standard InChI is InChI=1S/C26H27FN6O2/c1-17(32-24(34)15-29)16-31-26(35)22-9-10-23(21-8-3-2-6-19(21)14-28)33-25(22)30-12-11-18-5-4-7-20(27)13-18/h2-10,13,17H,11-12,15-16,29H2,1H3,(H,30,33)(H,31,35)(H,32,34)/t17-/m0/s1. The third-order valence-corrected chi connectivity index (χ3v) is 5.22. The molecule has 0 bridgehead atoms. The lowest BCUT2D eigenvalue weighted by atomic mass is 10.0. The number of pyridine rings is 1. The molecule has 35 heavy (non-hydrogen) atoms. The van der Waals surface area contributed by atoms with E-state index in [9.17, 15) is 19.2 Å². The summed E-state index contributed by atoms with van der Waals surface area (Å²) in [5, 5.41) is 18.1. The van der Waals surface area contributed by atoms with E-state index in [1.54, 1.807) is 43.3 Å². The maximum Gasteiger partial charge on any atom is 0.255 e. The highest BCUT2D eigenvalue weighted by Gasteiger charge is 2.17. The van der Waals surface area contributed by atoms with Gasteiger partial charge >= 0.3 is 0 Å². The molecule has 0 fully saturated rings. The van der Waals surface area contributed by atoms with Gasteiger partial charge in [-0.15, -0.1) is 0 Å². The Morgan fingerprint density at radius 1 is 1.14 bits per heavy atom. The Morgan fingerprint density at radius 2 is 1.94 bits per heavy atom. The topological polar surface area (TPSA) is 133 Å². The summed E-state index contributed by atoms with van der Waals surface area (Å²) in [6, 6.07) is 18.5. The molecule has 1 aromatic heterocycles. The average Bonchev–Trinajstić information content (AvgIpc) is 2.87. The summed E-state index contributed by atoms with van der Waals surface area (Å²) in [6.45, 7) is 2.23. The van der Waals surface area contributed by atoms with E-state index in [2.05, 4.69) is 27.0 Å². The lowest BCUT2D eigenvalue weighted by molar-refractivity contribution is -0.120. The van der Waals surface area contributed by atoms with Crippen LogP contribution in [0.1, 0.15) is 28.4 Å². The quantitative estimate of drug-likeness (QED) is 0.357. The molecule has 8 nitrogen and oxygen atoms in total. The first-order valence-electron chi connectivity index (χ1n) is 11.2. The number of aromatic nitrogens is 1. The molecule has 0 aliphatic carbocycles. The van der Waals surface area contributed by atoms with Crippen LogP contribution in [-0.4, -0.2) is 42.5 Å². The van der Waals surface area contributed by atoms with Crippen LogP contribution in [0.25, 0.3) is 11.3 Å². The van der Waals surface area contributed by atoms with Gasteiger partial charge in [0.05, 0.1) is 29.4 Å². The van der Waals surface area contributed by atoms with Gasteiger partial charge in [-0.25, -0.2) is 9.37 Å². The van der Waals surface area contributed by atoms with Crippen LogP contribution in [-0.2, 0) is 11.2 Å². The molecule has 5 N–H and O–H groups in total. The largest absolute Gasteiger partial charge is 0.369 e. The molecular weight excluding hydrogens is 447 g/mol. The number of hydrogen-bond acceptors (Lipinski definition) is 6. The minimum absolute atomic E-state index is 0.132. The van der Waals surface area contributed by atoms with Crippen LogP contribution in [0.15, 0.2) is 60.7 Å². The second kappa shape index (κ2) is 12.3. The van der Waals surface area contributed by atoms with Gasteiger partial charge in [0.25, 0.3) is 5.91 Å². The van der Waals surface area contributed by atoms with E-state index in [1.165, 1.54) is 12.1 Å². The zero-order chi connectivity index (χ0) is 25.2. The van der Waals surface area contributed by atoms with Gasteiger partial charge in [-0.05, 0) is 49.2 Å². The van der Waals surface area contributed by atoms with E-state index < -0.39 is 0 Å². The lowest BCUT2D eigenvalue weighted by Gasteiger charge is -2.16. The highest BCUT2D eigenvalue weighted by molar-refractivity contribution is 5.99. The lowest BCUT2D eigenvalue weighted by Crippen LogP contribution is -2.44. The van der Waals surface area contributed by atoms with Crippen molar-refractivity contribution in [2.45, 2.75) is 19.4 Å². The zero-order valence-corrected chi connectivity index (χ0v) is 19.3. The molecule has 0 aliphatic heterocycles. The fraction of sp³-hybridized carbons (Fsp3) is 0.231. The van der Waals surface area contributed by atoms with Crippen LogP contribution in [0.5, 0.6) is 0 Å². The Kier molecular flexibility index (Phi) is 8.87. The van der Waals surface area contributed by atoms with Crippen LogP contribution in [0.3, 0.4) is 0 Å². The highest BCUT2D eigenvalue weighted by atomic mass is 19.1. The smallest absolute Gasteiger partial charge is 0.255 e. The Morgan fingerprint density at radius 3 is 2.69 bits per heavy atom. The van der Waals surface area contributed by atoms with Crippen LogP contribution in [0, 0.1) is 17.1 Å². The number of amides is 2. The fourth-order valence-corrected chi connectivity index (χ4v) is 3.47. The van der Waals surface area contributed by atoms with Crippen molar-refractivity contribution in [2.75, 3.05) is 25.0 Å². The number of hydrogen-bond donors (Lipinski definition) is 4. The van der Waals surface area contributed by atoms with Gasteiger partial charge in [-0.3, -0.25) is 9.59 Å². The minimum Gasteiger partial charge on any atom is -0.369 e. The number of benzene rings is 2. The molecule has 0 spiro atoms. The Hall–Kier alpha value is -4.29. The number of halogens is 1. The first-order valence-corrected chi connectivity index (χ1v) is 11.2. The monoisotopic (exact) mass is 474 g/mol. The number of nitrogens with zero attached hydrogens (tertiary/aromatic N) is 2. The van der Waals surface area contributed by atoms with Gasteiger partial charge in [0.2, 0.25) is 5.91 Å². The second-order valence-electron chi connectivity index (χ2n) is 7.94. The Labute approximate surface area is 203 Å². The summed E-state index contributed by atoms with van der Waals surface area (Å²) in [5.74, 6) is -0.664. The van der Waals surface area contributed by atoms with Crippen molar-refractivity contribution in [1.29, 1.82) is 5.26 Å². The van der Waals surface area contributed by atoms with Crippen molar-refractivity contribution in [2.24, 2.45) is 5.73 Å². The van der Waals surface area contributed by atoms with Crippen molar-refractivity contribution < 1.29 is 14.0 Å². The third kappa shape index (κ3) is 7.09. The van der Waals surface area contributed by atoms with Crippen molar-refractivity contribution >= 4 is 17.6 Å². The molecule has 1 heterocycles. The van der Waals surface area contributed by atoms with E-state index >= 15 is 0 Å². The molecular formula is C26H27FN6O2. The van der Waals surface area contributed by atoms with Crippen LogP contribution < -0.4 is 21.7 Å². The maximum absolute atomic E-state index is 13.5. The zero-order valence-electron chi connectivity index (χ0n) is 19.3. The van der Waals surface area contributed by atoms with E-state index in [-0.39, 0.29) is 36.8 Å². The second-order valence-corrected chi connectivity index (χ2v) is 7.94. The Bertz CT molecular complexity index is 1240. The van der Waals surface area contributed by atoms with Crippen molar-refractivity contribution in [3.8, 4) is 17.3 Å². The molecule has 2 aromatic carbocycles. The molecule has 3 aromatic rings. The van der Waals surface area contributed by atoms with Gasteiger partial charge in [-0.1, -0.05) is 30.3 Å². The van der Waals surface area contributed by atoms with E-state index in [1.807, 2.05) is 12.1 Å². The Balaban J connectivity index is 1.82. The van der Waals surface area contributed by atoms with Crippen molar-refractivity contribution in [3.63, 3.8) is 0 Å². The summed E-state index contributed by atoms with van der Waals surface area (Å²) in [6.07, 6.45) is 0.516. The number of carbonyl (C=O) groups is 2. The molecule has 0 saturated heterocycles. The van der Waals surface area contributed by atoms with Gasteiger partial charge in [0, 0.05) is 24.7 Å². The summed E-state index contributed by atoms with van der Waals surface area (Å²) in [5.41, 5.74) is 8.07. The third-order valence-electron chi connectivity index (χ3n) is 5.22. The number of carbonyl (C=O) groups excluding carboxylic acids is 2. The molecule has 0 saturated carbocycles. The van der Waals surface area contributed by atoms with Crippen LogP contribution in [0.4, 0.5) is 10.2 Å². The van der Waals surface area contributed by atoms with Gasteiger partial charge < -0.3 is 21.7 Å². The molecule has 3 rings (SSSR count). The normalized spacial score (nSPS) is 11.3. The molecule has 9 heteroatoms. The number of rotatable bonds is 10. The number of nitrogens with two attached hydrogens (primary N) is 1. The van der Waals surface area contributed by atoms with Crippen LogP contribution >= 0.6 is 0 Å². The maximum atomic E-state index is 13.5. The molecule has 180 valence electrons. The van der Waals surface area contributed by atoms with E-state index in [4.69, 9.17) is 5.73 Å². The number of nitrogens with one attached hydrogen (secondary N) is 3.